The zero-order chi connectivity index (χ0) is 21.6. The fraction of sp³-hybridized carbons (Fsp3) is 0.455. The molecule has 0 atom stereocenters. The molecule has 9 nitrogen and oxygen atoms in total. The van der Waals surface area contributed by atoms with Crippen LogP contribution in [0.1, 0.15) is 25.7 Å². The van der Waals surface area contributed by atoms with Crippen LogP contribution in [0, 0.1) is 0 Å². The van der Waals surface area contributed by atoms with Gasteiger partial charge in [-0.2, -0.15) is 0 Å². The zero-order valence-corrected chi connectivity index (χ0v) is 17.6. The van der Waals surface area contributed by atoms with Gasteiger partial charge in [-0.1, -0.05) is 12.1 Å². The lowest BCUT2D eigenvalue weighted by Gasteiger charge is -2.29. The molecule has 9 heteroatoms. The number of nitrogens with one attached hydrogen (secondary N) is 1. The third kappa shape index (κ3) is 5.04. The summed E-state index contributed by atoms with van der Waals surface area (Å²) in [6, 6.07) is 9.45. The molecule has 2 aromatic rings. The second-order valence-electron chi connectivity index (χ2n) is 7.72. The van der Waals surface area contributed by atoms with Crippen molar-refractivity contribution in [3.63, 3.8) is 0 Å². The average molecular weight is 425 g/mol. The molecule has 1 saturated carbocycles. The normalized spacial score (nSPS) is 21.1. The number of rotatable bonds is 7. The highest BCUT2D eigenvalue weighted by Crippen LogP contribution is 2.30. The molecule has 0 radical (unpaired) electrons. The minimum atomic E-state index is -0.181. The lowest BCUT2D eigenvalue weighted by Crippen LogP contribution is -2.45. The van der Waals surface area contributed by atoms with Crippen molar-refractivity contribution in [2.24, 2.45) is 0 Å². The maximum Gasteiger partial charge on any atom is 0.325 e. The van der Waals surface area contributed by atoms with Gasteiger partial charge in [-0.25, -0.2) is 14.8 Å². The Kier molecular flexibility index (Phi) is 6.49. The Morgan fingerprint density at radius 1 is 1.10 bits per heavy atom. The Hall–Kier alpha value is -3.36. The number of carbonyl (C=O) groups is 2. The van der Waals surface area contributed by atoms with E-state index < -0.39 is 0 Å². The molecule has 2 aliphatic rings. The molecule has 31 heavy (non-hydrogen) atoms. The molecule has 164 valence electrons. The minimum Gasteiger partial charge on any atom is -0.495 e. The number of methoxy groups -OCH3 is 1. The molecule has 1 aromatic heterocycles. The fourth-order valence-corrected chi connectivity index (χ4v) is 4.07. The molecule has 2 heterocycles. The summed E-state index contributed by atoms with van der Waals surface area (Å²) in [5.74, 6) is 0.507. The second kappa shape index (κ2) is 9.63. The molecule has 0 bridgehead atoms. The molecule has 1 aliphatic heterocycles. The van der Waals surface area contributed by atoms with Gasteiger partial charge in [0.05, 0.1) is 12.8 Å². The Labute approximate surface area is 181 Å². The van der Waals surface area contributed by atoms with E-state index in [4.69, 9.17) is 9.47 Å². The standard InChI is InChI=1S/C22H27N5O4/c1-30-19-6-3-2-5-18(19)27-14-13-26(22(27)29)15-20(28)25-16-7-9-17(10-8-16)31-21-23-11-4-12-24-21/h2-6,11-12,16-17H,7-10,13-15H2,1H3,(H,25,28). The first kappa shape index (κ1) is 20.9. The highest BCUT2D eigenvalue weighted by Gasteiger charge is 2.33. The highest BCUT2D eigenvalue weighted by atomic mass is 16.5. The monoisotopic (exact) mass is 425 g/mol. The Morgan fingerprint density at radius 2 is 1.84 bits per heavy atom. The summed E-state index contributed by atoms with van der Waals surface area (Å²) in [6.07, 6.45) is 6.67. The van der Waals surface area contributed by atoms with E-state index in [0.717, 1.165) is 31.4 Å². The van der Waals surface area contributed by atoms with Crippen LogP contribution in [-0.2, 0) is 4.79 Å². The molecule has 1 aromatic carbocycles. The SMILES string of the molecule is COc1ccccc1N1CCN(CC(=O)NC2CCC(Oc3ncccn3)CC2)C1=O. The van der Waals surface area contributed by atoms with E-state index in [1.54, 1.807) is 35.4 Å². The molecule has 0 unspecified atom stereocenters. The topological polar surface area (TPSA) is 96.9 Å². The van der Waals surface area contributed by atoms with Gasteiger partial charge in [0.15, 0.2) is 0 Å². The molecular weight excluding hydrogens is 398 g/mol. The molecule has 4 rings (SSSR count). The number of anilines is 1. The van der Waals surface area contributed by atoms with Crippen LogP contribution in [-0.4, -0.2) is 65.7 Å². The summed E-state index contributed by atoms with van der Waals surface area (Å²) in [5.41, 5.74) is 0.721. The lowest BCUT2D eigenvalue weighted by molar-refractivity contribution is -0.122. The van der Waals surface area contributed by atoms with Gasteiger partial charge >= 0.3 is 12.0 Å². The third-order valence-electron chi connectivity index (χ3n) is 5.66. The predicted octanol–water partition coefficient (Wildman–Crippen LogP) is 2.23. The van der Waals surface area contributed by atoms with Gasteiger partial charge < -0.3 is 19.7 Å². The molecule has 1 aliphatic carbocycles. The van der Waals surface area contributed by atoms with E-state index in [0.29, 0.717) is 24.8 Å². The van der Waals surface area contributed by atoms with Gasteiger partial charge in [0.1, 0.15) is 18.4 Å². The van der Waals surface area contributed by atoms with Crippen molar-refractivity contribution in [1.82, 2.24) is 20.2 Å². The van der Waals surface area contributed by atoms with Crippen LogP contribution in [0.25, 0.3) is 0 Å². The summed E-state index contributed by atoms with van der Waals surface area (Å²) in [4.78, 5) is 36.8. The third-order valence-corrected chi connectivity index (χ3v) is 5.66. The molecule has 3 amide bonds. The van der Waals surface area contributed by atoms with Gasteiger partial charge in [0, 0.05) is 31.5 Å². The first-order chi connectivity index (χ1) is 15.1. The molecular formula is C22H27N5O4. The Morgan fingerprint density at radius 3 is 2.58 bits per heavy atom. The van der Waals surface area contributed by atoms with Gasteiger partial charge in [-0.15, -0.1) is 0 Å². The van der Waals surface area contributed by atoms with Crippen molar-refractivity contribution >= 4 is 17.6 Å². The number of hydrogen-bond acceptors (Lipinski definition) is 6. The van der Waals surface area contributed by atoms with Crippen LogP contribution in [0.2, 0.25) is 0 Å². The maximum atomic E-state index is 12.8. The van der Waals surface area contributed by atoms with Crippen LogP contribution in [0.15, 0.2) is 42.7 Å². The number of hydrogen-bond donors (Lipinski definition) is 1. The van der Waals surface area contributed by atoms with Crippen molar-refractivity contribution in [3.8, 4) is 11.8 Å². The van der Waals surface area contributed by atoms with E-state index in [1.165, 1.54) is 0 Å². The summed E-state index contributed by atoms with van der Waals surface area (Å²) in [7, 11) is 1.58. The molecule has 0 spiro atoms. The van der Waals surface area contributed by atoms with Crippen molar-refractivity contribution in [1.29, 1.82) is 0 Å². The van der Waals surface area contributed by atoms with E-state index in [-0.39, 0.29) is 30.6 Å². The number of ether oxygens (including phenoxy) is 2. The van der Waals surface area contributed by atoms with Gasteiger partial charge in [0.2, 0.25) is 5.91 Å². The molecule has 2 fully saturated rings. The van der Waals surface area contributed by atoms with Crippen LogP contribution in [0.3, 0.4) is 0 Å². The number of urea groups is 1. The van der Waals surface area contributed by atoms with Crippen molar-refractivity contribution in [2.75, 3.05) is 31.6 Å². The van der Waals surface area contributed by atoms with E-state index in [9.17, 15) is 9.59 Å². The van der Waals surface area contributed by atoms with Crippen molar-refractivity contribution in [2.45, 2.75) is 37.8 Å². The van der Waals surface area contributed by atoms with Crippen molar-refractivity contribution in [3.05, 3.63) is 42.7 Å². The lowest BCUT2D eigenvalue weighted by atomic mass is 9.93. The number of nitrogens with zero attached hydrogens (tertiary/aromatic N) is 4. The van der Waals surface area contributed by atoms with Crippen LogP contribution < -0.4 is 19.7 Å². The average Bonchev–Trinajstić information content (AvgIpc) is 3.15. The van der Waals surface area contributed by atoms with E-state index in [2.05, 4.69) is 15.3 Å². The molecule has 1 N–H and O–H groups in total. The minimum absolute atomic E-state index is 0.0543. The predicted molar refractivity (Wildman–Crippen MR) is 114 cm³/mol. The maximum absolute atomic E-state index is 12.8. The van der Waals surface area contributed by atoms with Gasteiger partial charge in [0.25, 0.3) is 0 Å². The Balaban J connectivity index is 1.24. The van der Waals surface area contributed by atoms with Crippen LogP contribution in [0.4, 0.5) is 10.5 Å². The number of aromatic nitrogens is 2. The largest absolute Gasteiger partial charge is 0.495 e. The second-order valence-corrected chi connectivity index (χ2v) is 7.72. The van der Waals surface area contributed by atoms with Crippen LogP contribution in [0.5, 0.6) is 11.8 Å². The first-order valence-corrected chi connectivity index (χ1v) is 10.6. The smallest absolute Gasteiger partial charge is 0.325 e. The quantitative estimate of drug-likeness (QED) is 0.731. The number of amides is 3. The summed E-state index contributed by atoms with van der Waals surface area (Å²) in [5, 5.41) is 3.07. The zero-order valence-electron chi connectivity index (χ0n) is 17.6. The number of para-hydroxylation sites is 2. The fourth-order valence-electron chi connectivity index (χ4n) is 4.07. The summed E-state index contributed by atoms with van der Waals surface area (Å²) >= 11 is 0. The summed E-state index contributed by atoms with van der Waals surface area (Å²) < 4.78 is 11.2. The number of benzene rings is 1. The highest BCUT2D eigenvalue weighted by molar-refractivity contribution is 5.97. The van der Waals surface area contributed by atoms with Crippen molar-refractivity contribution < 1.29 is 19.1 Å². The van der Waals surface area contributed by atoms with Crippen LogP contribution >= 0.6 is 0 Å². The van der Waals surface area contributed by atoms with E-state index in [1.807, 2.05) is 24.3 Å². The molecule has 1 saturated heterocycles. The van der Waals surface area contributed by atoms with Gasteiger partial charge in [-0.3, -0.25) is 9.69 Å². The summed E-state index contributed by atoms with van der Waals surface area (Å²) in [6.45, 7) is 1.08. The van der Waals surface area contributed by atoms with Gasteiger partial charge in [-0.05, 0) is 43.9 Å². The first-order valence-electron chi connectivity index (χ1n) is 10.6. The van der Waals surface area contributed by atoms with E-state index >= 15 is 0 Å². The number of carbonyl (C=O) groups excluding carboxylic acids is 2. The Bertz CT molecular complexity index is 902.